The second-order valence-electron chi connectivity index (χ2n) is 10.2. The van der Waals surface area contributed by atoms with Crippen LogP contribution in [0.2, 0.25) is 0 Å². The molecule has 42 heavy (non-hydrogen) atoms. The standard InChI is InChI=1S/C29H29N9O4/c1-17-15-36(27-20(12-23(39)35(3)34-27)19-8-6-5-7-9-19)10-11-37(17)29(41)26(40)21-13-30-25-24(21)22(42-4)14-31-28(25)38-16-32-18(2)33-38/h5-9,12-14,16-17,30H,10-11,15H2,1-4H3/t17-/m1/s1. The SMILES string of the molecule is COc1cnc(-n2cnc(C)n2)c2[nH]cc(C(=O)C(=O)N3CCN(c4nn(C)c(=O)cc4-c4ccccc4)C[C@H]3C)c12. The van der Waals surface area contributed by atoms with E-state index in [-0.39, 0.29) is 17.2 Å². The number of ether oxygens (including phenoxy) is 1. The van der Waals surface area contributed by atoms with Crippen LogP contribution in [0.1, 0.15) is 23.1 Å². The largest absolute Gasteiger partial charge is 0.494 e. The van der Waals surface area contributed by atoms with Crippen LogP contribution in [0.3, 0.4) is 0 Å². The predicted octanol–water partition coefficient (Wildman–Crippen LogP) is 2.14. The average Bonchev–Trinajstić information content (AvgIpc) is 3.64. The van der Waals surface area contributed by atoms with Crippen LogP contribution in [0.5, 0.6) is 5.75 Å². The third-order valence-electron chi connectivity index (χ3n) is 7.48. The molecule has 5 aromatic rings. The summed E-state index contributed by atoms with van der Waals surface area (Å²) in [4.78, 5) is 55.1. The lowest BCUT2D eigenvalue weighted by Crippen LogP contribution is -2.56. The molecule has 1 aliphatic rings. The highest BCUT2D eigenvalue weighted by molar-refractivity contribution is 6.45. The third kappa shape index (κ3) is 4.58. The summed E-state index contributed by atoms with van der Waals surface area (Å²) in [7, 11) is 3.10. The molecule has 0 aliphatic carbocycles. The number of hydrogen-bond acceptors (Lipinski definition) is 9. The molecule has 0 radical (unpaired) electrons. The van der Waals surface area contributed by atoms with Crippen molar-refractivity contribution in [2.75, 3.05) is 31.6 Å². The van der Waals surface area contributed by atoms with Gasteiger partial charge in [0.25, 0.3) is 17.2 Å². The molecule has 6 rings (SSSR count). The molecule has 0 bridgehead atoms. The first-order chi connectivity index (χ1) is 20.3. The molecule has 0 saturated carbocycles. The summed E-state index contributed by atoms with van der Waals surface area (Å²) in [5, 5.41) is 9.33. The quantitative estimate of drug-likeness (QED) is 0.241. The molecule has 1 amide bonds. The highest BCUT2D eigenvalue weighted by atomic mass is 16.5. The molecule has 1 atom stereocenters. The normalized spacial score (nSPS) is 15.3. The summed E-state index contributed by atoms with van der Waals surface area (Å²) in [6.45, 7) is 4.82. The summed E-state index contributed by atoms with van der Waals surface area (Å²) in [6, 6.07) is 10.9. The Balaban J connectivity index is 1.28. The number of aromatic nitrogens is 7. The molecule has 13 heteroatoms. The zero-order chi connectivity index (χ0) is 29.5. The lowest BCUT2D eigenvalue weighted by Gasteiger charge is -2.40. The van der Waals surface area contributed by atoms with Crippen LogP contribution in [-0.2, 0) is 11.8 Å². The van der Waals surface area contributed by atoms with E-state index in [2.05, 4.69) is 25.1 Å². The summed E-state index contributed by atoms with van der Waals surface area (Å²) < 4.78 is 8.31. The number of nitrogens with zero attached hydrogens (tertiary/aromatic N) is 8. The van der Waals surface area contributed by atoms with Crippen LogP contribution in [0.15, 0.2) is 59.9 Å². The molecule has 1 N–H and O–H groups in total. The molecule has 5 heterocycles. The van der Waals surface area contributed by atoms with Gasteiger partial charge in [-0.15, -0.1) is 0 Å². The first kappa shape index (κ1) is 26.9. The van der Waals surface area contributed by atoms with Crippen molar-refractivity contribution in [2.24, 2.45) is 7.05 Å². The van der Waals surface area contributed by atoms with Crippen molar-refractivity contribution in [3.05, 3.63) is 76.9 Å². The number of fused-ring (bicyclic) bond motifs is 1. The van der Waals surface area contributed by atoms with E-state index in [1.807, 2.05) is 42.2 Å². The minimum atomic E-state index is -0.656. The van der Waals surface area contributed by atoms with Gasteiger partial charge in [-0.1, -0.05) is 30.3 Å². The molecule has 1 saturated heterocycles. The van der Waals surface area contributed by atoms with Gasteiger partial charge in [0.05, 0.1) is 29.8 Å². The molecular weight excluding hydrogens is 538 g/mol. The fraction of sp³-hybridized carbons (Fsp3) is 0.276. The summed E-state index contributed by atoms with van der Waals surface area (Å²) in [5.74, 6) is 0.733. The number of rotatable bonds is 6. The van der Waals surface area contributed by atoms with Gasteiger partial charge in [-0.3, -0.25) is 14.4 Å². The Morgan fingerprint density at radius 2 is 1.86 bits per heavy atom. The van der Waals surface area contributed by atoms with Gasteiger partial charge in [-0.05, 0) is 19.4 Å². The molecule has 1 aliphatic heterocycles. The monoisotopic (exact) mass is 567 g/mol. The number of H-pyrrole nitrogens is 1. The van der Waals surface area contributed by atoms with Crippen LogP contribution in [0.4, 0.5) is 5.82 Å². The highest BCUT2D eigenvalue weighted by Gasteiger charge is 2.35. The lowest BCUT2D eigenvalue weighted by molar-refractivity contribution is -0.128. The van der Waals surface area contributed by atoms with Gasteiger partial charge in [0.2, 0.25) is 0 Å². The molecule has 13 nitrogen and oxygen atoms in total. The fourth-order valence-corrected chi connectivity index (χ4v) is 5.35. The predicted molar refractivity (Wildman–Crippen MR) is 155 cm³/mol. The van der Waals surface area contributed by atoms with E-state index in [1.54, 1.807) is 24.9 Å². The lowest BCUT2D eigenvalue weighted by atomic mass is 10.0. The van der Waals surface area contributed by atoms with Gasteiger partial charge in [0, 0.05) is 50.6 Å². The topological polar surface area (TPSA) is 144 Å². The maximum absolute atomic E-state index is 13.7. The van der Waals surface area contributed by atoms with Crippen LogP contribution in [0.25, 0.3) is 27.8 Å². The Bertz CT molecular complexity index is 1880. The molecule has 1 fully saturated rings. The minimum absolute atomic E-state index is 0.188. The van der Waals surface area contributed by atoms with Gasteiger partial charge in [-0.2, -0.15) is 10.2 Å². The maximum Gasteiger partial charge on any atom is 0.295 e. The summed E-state index contributed by atoms with van der Waals surface area (Å²) in [6.07, 6.45) is 4.53. The van der Waals surface area contributed by atoms with E-state index in [0.717, 1.165) is 11.1 Å². The third-order valence-corrected chi connectivity index (χ3v) is 7.48. The molecule has 4 aromatic heterocycles. The van der Waals surface area contributed by atoms with E-state index in [4.69, 9.17) is 4.74 Å². The number of amides is 1. The van der Waals surface area contributed by atoms with Gasteiger partial charge in [-0.25, -0.2) is 19.3 Å². The van der Waals surface area contributed by atoms with E-state index in [0.29, 0.717) is 53.7 Å². The Kier molecular flexibility index (Phi) is 6.77. The average molecular weight is 568 g/mol. The Hall–Kier alpha value is -5.33. The number of aromatic amines is 1. The van der Waals surface area contributed by atoms with Crippen LogP contribution in [-0.4, -0.2) is 83.9 Å². The fourth-order valence-electron chi connectivity index (χ4n) is 5.35. The zero-order valence-corrected chi connectivity index (χ0v) is 23.6. The number of carbonyl (C=O) groups excluding carboxylic acids is 2. The molecule has 0 spiro atoms. The van der Waals surface area contributed by atoms with Crippen molar-refractivity contribution < 1.29 is 14.3 Å². The number of hydrogen-bond donors (Lipinski definition) is 1. The smallest absolute Gasteiger partial charge is 0.295 e. The number of carbonyl (C=O) groups is 2. The highest BCUT2D eigenvalue weighted by Crippen LogP contribution is 2.33. The number of piperazine rings is 1. The second-order valence-corrected chi connectivity index (χ2v) is 10.2. The Morgan fingerprint density at radius 1 is 1.07 bits per heavy atom. The van der Waals surface area contributed by atoms with Crippen molar-refractivity contribution in [1.29, 1.82) is 0 Å². The van der Waals surface area contributed by atoms with Gasteiger partial charge < -0.3 is 19.5 Å². The summed E-state index contributed by atoms with van der Waals surface area (Å²) in [5.41, 5.74) is 2.08. The van der Waals surface area contributed by atoms with E-state index in [9.17, 15) is 14.4 Å². The summed E-state index contributed by atoms with van der Waals surface area (Å²) >= 11 is 0. The Labute approximate surface area is 240 Å². The first-order valence-corrected chi connectivity index (χ1v) is 13.4. The number of methoxy groups -OCH3 is 1. The minimum Gasteiger partial charge on any atom is -0.494 e. The zero-order valence-electron chi connectivity index (χ0n) is 23.6. The van der Waals surface area contributed by atoms with Crippen LogP contribution in [0, 0.1) is 6.92 Å². The van der Waals surface area contributed by atoms with Crippen LogP contribution >= 0.6 is 0 Å². The van der Waals surface area contributed by atoms with Crippen molar-refractivity contribution in [3.63, 3.8) is 0 Å². The van der Waals surface area contributed by atoms with E-state index in [1.165, 1.54) is 35.2 Å². The van der Waals surface area contributed by atoms with Gasteiger partial charge in [0.1, 0.15) is 17.9 Å². The first-order valence-electron chi connectivity index (χ1n) is 13.4. The number of aryl methyl sites for hydroxylation is 2. The molecular formula is C29H29N9O4. The number of ketones is 1. The molecule has 0 unspecified atom stereocenters. The van der Waals surface area contributed by atoms with Crippen molar-refractivity contribution in [1.82, 2.24) is 39.4 Å². The second kappa shape index (κ2) is 10.6. The van der Waals surface area contributed by atoms with Gasteiger partial charge in [0.15, 0.2) is 11.6 Å². The number of nitrogens with one attached hydrogen (secondary N) is 1. The van der Waals surface area contributed by atoms with Crippen molar-refractivity contribution in [3.8, 4) is 22.7 Å². The van der Waals surface area contributed by atoms with Crippen molar-refractivity contribution >= 4 is 28.4 Å². The number of benzene rings is 1. The number of Topliss-reactive ketones (excluding diaryl/α,β-unsaturated/α-hetero) is 1. The Morgan fingerprint density at radius 3 is 2.55 bits per heavy atom. The molecule has 1 aromatic carbocycles. The number of anilines is 1. The number of pyridine rings is 1. The molecule has 214 valence electrons. The van der Waals surface area contributed by atoms with E-state index < -0.39 is 11.7 Å². The van der Waals surface area contributed by atoms with Crippen molar-refractivity contribution in [2.45, 2.75) is 19.9 Å². The maximum atomic E-state index is 13.7. The van der Waals surface area contributed by atoms with Crippen LogP contribution < -0.4 is 15.2 Å². The van der Waals surface area contributed by atoms with E-state index >= 15 is 0 Å². The van der Waals surface area contributed by atoms with Gasteiger partial charge >= 0.3 is 0 Å².